The van der Waals surface area contributed by atoms with Crippen LogP contribution in [0.4, 0.5) is 5.69 Å². The number of para-hydroxylation sites is 1. The highest BCUT2D eigenvalue weighted by Gasteiger charge is 2.36. The Morgan fingerprint density at radius 2 is 1.81 bits per heavy atom. The number of pyridine rings is 1. The van der Waals surface area contributed by atoms with Gasteiger partial charge in [0.2, 0.25) is 15.2 Å². The molecule has 2 aromatic heterocycles. The van der Waals surface area contributed by atoms with E-state index in [2.05, 4.69) is 21.8 Å². The molecule has 0 saturated carbocycles. The number of aryl methyl sites for hydroxylation is 3. The van der Waals surface area contributed by atoms with Crippen molar-refractivity contribution in [3.63, 3.8) is 0 Å². The average molecular weight is 584 g/mol. The third-order valence-electron chi connectivity index (χ3n) is 7.68. The zero-order chi connectivity index (χ0) is 30.0. The van der Waals surface area contributed by atoms with Crippen LogP contribution in [-0.4, -0.2) is 42.3 Å². The monoisotopic (exact) mass is 583 g/mol. The molecule has 42 heavy (non-hydrogen) atoms. The number of carbonyl (C=O) groups is 1. The number of sulfone groups is 1. The van der Waals surface area contributed by atoms with E-state index < -0.39 is 21.2 Å². The van der Waals surface area contributed by atoms with Crippen molar-refractivity contribution < 1.29 is 17.9 Å². The third kappa shape index (κ3) is 5.45. The van der Waals surface area contributed by atoms with Gasteiger partial charge in [0.25, 0.3) is 0 Å². The SMILES string of the molecule is COC(=O)C(Nc1ccc2c(c1)c(C)c(C)n2CCCc1ccc(C(=N)N)cc1)S(=O)(=O)c1cccc2cccnc12. The zero-order valence-electron chi connectivity index (χ0n) is 23.7. The maximum atomic E-state index is 13.8. The Bertz CT molecular complexity index is 1910. The van der Waals surface area contributed by atoms with Crippen LogP contribution in [0.2, 0.25) is 0 Å². The van der Waals surface area contributed by atoms with E-state index >= 15 is 0 Å². The smallest absolute Gasteiger partial charge is 0.344 e. The number of anilines is 1. The molecule has 5 aromatic rings. The third-order valence-corrected chi connectivity index (χ3v) is 9.55. The summed E-state index contributed by atoms with van der Waals surface area (Å²) in [6.07, 6.45) is 3.30. The summed E-state index contributed by atoms with van der Waals surface area (Å²) in [6.45, 7) is 4.90. The second-order valence-electron chi connectivity index (χ2n) is 10.2. The lowest BCUT2D eigenvalue weighted by Crippen LogP contribution is -2.38. The number of esters is 1. The summed E-state index contributed by atoms with van der Waals surface area (Å²) >= 11 is 0. The molecule has 9 nitrogen and oxygen atoms in total. The van der Waals surface area contributed by atoms with Crippen molar-refractivity contribution in [3.8, 4) is 0 Å². The fourth-order valence-electron chi connectivity index (χ4n) is 5.27. The van der Waals surface area contributed by atoms with Crippen molar-refractivity contribution in [2.24, 2.45) is 5.73 Å². The second-order valence-corrected chi connectivity index (χ2v) is 12.2. The molecule has 5 rings (SSSR count). The summed E-state index contributed by atoms with van der Waals surface area (Å²) in [5, 5.41) is 10.5. The molecule has 0 radical (unpaired) electrons. The second kappa shape index (κ2) is 11.7. The predicted molar refractivity (Wildman–Crippen MR) is 166 cm³/mol. The number of fused-ring (bicyclic) bond motifs is 2. The predicted octanol–water partition coefficient (Wildman–Crippen LogP) is 5.11. The quantitative estimate of drug-likeness (QED) is 0.118. The fraction of sp³-hybridized carbons (Fsp3) is 0.219. The van der Waals surface area contributed by atoms with E-state index in [9.17, 15) is 13.2 Å². The van der Waals surface area contributed by atoms with Crippen molar-refractivity contribution >= 4 is 49.1 Å². The number of rotatable bonds is 10. The van der Waals surface area contributed by atoms with E-state index in [-0.39, 0.29) is 10.7 Å². The van der Waals surface area contributed by atoms with Gasteiger partial charge in [-0.3, -0.25) is 10.4 Å². The van der Waals surface area contributed by atoms with Gasteiger partial charge in [0.1, 0.15) is 5.84 Å². The number of hydrogen-bond acceptors (Lipinski definition) is 7. The van der Waals surface area contributed by atoms with Gasteiger partial charge in [-0.2, -0.15) is 0 Å². The van der Waals surface area contributed by atoms with Gasteiger partial charge in [-0.05, 0) is 68.1 Å². The molecule has 0 spiro atoms. The van der Waals surface area contributed by atoms with Crippen LogP contribution in [0.3, 0.4) is 0 Å². The minimum Gasteiger partial charge on any atom is -0.467 e. The topological polar surface area (TPSA) is 140 Å². The number of benzene rings is 3. The molecule has 4 N–H and O–H groups in total. The minimum absolute atomic E-state index is 0.0429. The maximum Gasteiger partial charge on any atom is 0.344 e. The number of ether oxygens (including phenoxy) is 1. The molecular weight excluding hydrogens is 550 g/mol. The molecule has 0 aliphatic heterocycles. The normalized spacial score (nSPS) is 12.4. The summed E-state index contributed by atoms with van der Waals surface area (Å²) in [7, 11) is -3.05. The van der Waals surface area contributed by atoms with Gasteiger partial charge in [0.05, 0.1) is 17.5 Å². The van der Waals surface area contributed by atoms with E-state index in [0.29, 0.717) is 22.2 Å². The Hall–Kier alpha value is -4.70. The van der Waals surface area contributed by atoms with Gasteiger partial charge in [-0.15, -0.1) is 0 Å². The Labute approximate surface area is 244 Å². The van der Waals surface area contributed by atoms with Crippen LogP contribution in [0.25, 0.3) is 21.8 Å². The molecule has 0 aliphatic rings. The molecule has 0 fully saturated rings. The van der Waals surface area contributed by atoms with Crippen LogP contribution in [0, 0.1) is 19.3 Å². The largest absolute Gasteiger partial charge is 0.467 e. The zero-order valence-corrected chi connectivity index (χ0v) is 24.5. The van der Waals surface area contributed by atoms with Crippen LogP contribution in [0.1, 0.15) is 28.8 Å². The number of nitrogen functional groups attached to an aromatic ring is 1. The van der Waals surface area contributed by atoms with E-state index in [4.69, 9.17) is 15.9 Å². The summed E-state index contributed by atoms with van der Waals surface area (Å²) in [4.78, 5) is 17.1. The maximum absolute atomic E-state index is 13.8. The van der Waals surface area contributed by atoms with Gasteiger partial charge in [-0.25, -0.2) is 13.2 Å². The van der Waals surface area contributed by atoms with Crippen molar-refractivity contribution in [2.45, 2.75) is 43.5 Å². The van der Waals surface area contributed by atoms with Crippen molar-refractivity contribution in [2.75, 3.05) is 12.4 Å². The standard InChI is InChI=1S/C32H33N5O4S/c1-20-21(2)37(18-6-7-22-11-13-24(14-12-22)30(33)34)27-16-15-25(19-26(20)27)36-31(32(38)41-3)42(39,40)28-10-4-8-23-9-5-17-35-29(23)28/h4-5,8-17,19,31,36H,6-7,18H2,1-3H3,(H3,33,34). The first kappa shape index (κ1) is 28.8. The van der Waals surface area contributed by atoms with E-state index in [1.165, 1.54) is 24.9 Å². The van der Waals surface area contributed by atoms with E-state index in [1.54, 1.807) is 30.3 Å². The first-order valence-corrected chi connectivity index (χ1v) is 15.1. The summed E-state index contributed by atoms with van der Waals surface area (Å²) in [5.74, 6) is -0.855. The minimum atomic E-state index is -4.22. The number of nitrogens with two attached hydrogens (primary N) is 1. The van der Waals surface area contributed by atoms with Crippen LogP contribution in [-0.2, 0) is 32.3 Å². The highest BCUT2D eigenvalue weighted by atomic mass is 32.2. The van der Waals surface area contributed by atoms with Crippen molar-refractivity contribution in [1.82, 2.24) is 9.55 Å². The van der Waals surface area contributed by atoms with Gasteiger partial charge < -0.3 is 20.4 Å². The van der Waals surface area contributed by atoms with E-state index in [0.717, 1.165) is 41.5 Å². The van der Waals surface area contributed by atoms with Gasteiger partial charge in [0.15, 0.2) is 0 Å². The molecule has 3 aromatic carbocycles. The lowest BCUT2D eigenvalue weighted by molar-refractivity contribution is -0.139. The molecule has 0 bridgehead atoms. The molecule has 10 heteroatoms. The number of nitrogens with zero attached hydrogens (tertiary/aromatic N) is 2. The molecule has 0 amide bonds. The van der Waals surface area contributed by atoms with Gasteiger partial charge in [-0.1, -0.05) is 42.5 Å². The highest BCUT2D eigenvalue weighted by Crippen LogP contribution is 2.31. The van der Waals surface area contributed by atoms with Gasteiger partial charge in [0, 0.05) is 46.0 Å². The summed E-state index contributed by atoms with van der Waals surface area (Å²) in [5.41, 5.74) is 11.4. The Morgan fingerprint density at radius 1 is 1.07 bits per heavy atom. The van der Waals surface area contributed by atoms with Crippen LogP contribution in [0.15, 0.2) is 83.9 Å². The molecule has 2 heterocycles. The summed E-state index contributed by atoms with van der Waals surface area (Å²) in [6, 6.07) is 21.7. The molecule has 216 valence electrons. The number of carbonyl (C=O) groups excluding carboxylic acids is 1. The molecule has 0 saturated heterocycles. The van der Waals surface area contributed by atoms with Crippen molar-refractivity contribution in [1.29, 1.82) is 5.41 Å². The van der Waals surface area contributed by atoms with Crippen LogP contribution < -0.4 is 11.1 Å². The Morgan fingerprint density at radius 3 is 2.52 bits per heavy atom. The first-order chi connectivity index (χ1) is 20.1. The number of nitrogens with one attached hydrogen (secondary N) is 2. The average Bonchev–Trinajstić information content (AvgIpc) is 3.23. The molecule has 1 atom stereocenters. The van der Waals surface area contributed by atoms with Crippen molar-refractivity contribution in [3.05, 3.63) is 101 Å². The highest BCUT2D eigenvalue weighted by molar-refractivity contribution is 7.93. The lowest BCUT2D eigenvalue weighted by Gasteiger charge is -2.19. The summed E-state index contributed by atoms with van der Waals surface area (Å²) < 4.78 is 34.8. The fourth-order valence-corrected chi connectivity index (χ4v) is 6.88. The number of aromatic nitrogens is 2. The van der Waals surface area contributed by atoms with Crippen LogP contribution in [0.5, 0.6) is 0 Å². The first-order valence-electron chi connectivity index (χ1n) is 13.6. The number of amidine groups is 1. The van der Waals surface area contributed by atoms with Crippen LogP contribution >= 0.6 is 0 Å². The van der Waals surface area contributed by atoms with E-state index in [1.807, 2.05) is 43.3 Å². The number of hydrogen-bond donors (Lipinski definition) is 3. The Balaban J connectivity index is 1.41. The lowest BCUT2D eigenvalue weighted by atomic mass is 10.1. The molecular formula is C32H33N5O4S. The Kier molecular flexibility index (Phi) is 8.00. The molecule has 1 unspecified atom stereocenters. The molecule has 0 aliphatic carbocycles. The number of methoxy groups -OCH3 is 1. The van der Waals surface area contributed by atoms with Gasteiger partial charge >= 0.3 is 5.97 Å².